The van der Waals surface area contributed by atoms with Gasteiger partial charge in [-0.2, -0.15) is 0 Å². The van der Waals surface area contributed by atoms with Crippen molar-refractivity contribution in [2.45, 2.75) is 155 Å². The third kappa shape index (κ3) is 12.8. The molecule has 14 nitrogen and oxygen atoms in total. The predicted octanol–water partition coefficient (Wildman–Crippen LogP) is 4.67. The first-order chi connectivity index (χ1) is 27.3. The summed E-state index contributed by atoms with van der Waals surface area (Å²) in [7, 11) is 5.94. The number of ether oxygens (including phenoxy) is 8. The maximum Gasteiger partial charge on any atom is 0.314 e. The maximum absolute atomic E-state index is 14.1. The lowest BCUT2D eigenvalue weighted by molar-refractivity contribution is -0.353. The van der Waals surface area contributed by atoms with Crippen molar-refractivity contribution in [3.63, 3.8) is 0 Å². The lowest BCUT2D eigenvalue weighted by Crippen LogP contribution is -2.66. The number of aliphatic hydroxyl groups excluding tert-OH is 2. The molecule has 3 rings (SSSR count). The summed E-state index contributed by atoms with van der Waals surface area (Å²) in [4.78, 5) is 26.2. The van der Waals surface area contributed by atoms with Crippen molar-refractivity contribution >= 4 is 11.9 Å². The highest BCUT2D eigenvalue weighted by Gasteiger charge is 2.59. The van der Waals surface area contributed by atoms with E-state index in [-0.39, 0.29) is 36.0 Å². The first-order valence-corrected chi connectivity index (χ1v) is 20.4. The molecule has 2 saturated heterocycles. The molecule has 2 fully saturated rings. The zero-order chi connectivity index (χ0) is 43.5. The molecule has 58 heavy (non-hydrogen) atoms. The van der Waals surface area contributed by atoms with Crippen LogP contribution < -0.4 is 5.32 Å². The van der Waals surface area contributed by atoms with Gasteiger partial charge in [0.2, 0.25) is 11.7 Å². The number of amides is 1. The second-order valence-electron chi connectivity index (χ2n) is 16.2. The van der Waals surface area contributed by atoms with E-state index in [1.54, 1.807) is 34.1 Å². The van der Waals surface area contributed by atoms with E-state index in [0.29, 0.717) is 25.0 Å². The number of esters is 1. The van der Waals surface area contributed by atoms with Gasteiger partial charge in [-0.3, -0.25) is 9.59 Å². The lowest BCUT2D eigenvalue weighted by Gasteiger charge is -2.50. The molecular weight excluding hydrogens is 750 g/mol. The van der Waals surface area contributed by atoms with Gasteiger partial charge in [-0.25, -0.2) is 0 Å². The molecule has 0 aromatic carbocycles. The molecule has 0 aromatic heterocycles. The topological polar surface area (TPSA) is 181 Å². The second-order valence-corrected chi connectivity index (χ2v) is 16.2. The molecule has 0 radical (unpaired) electrons. The first-order valence-electron chi connectivity index (χ1n) is 20.4. The van der Waals surface area contributed by atoms with Crippen LogP contribution in [0.15, 0.2) is 59.4 Å². The van der Waals surface area contributed by atoms with Gasteiger partial charge < -0.3 is 58.5 Å². The average Bonchev–Trinajstić information content (AvgIpc) is 3.16. The molecule has 1 amide bonds. The van der Waals surface area contributed by atoms with Crippen LogP contribution in [0.3, 0.4) is 0 Å². The van der Waals surface area contributed by atoms with E-state index in [4.69, 9.17) is 37.9 Å². The van der Waals surface area contributed by atoms with Crippen LogP contribution in [-0.2, 0) is 47.5 Å². The number of cyclic esters (lactones) is 1. The van der Waals surface area contributed by atoms with Crippen molar-refractivity contribution in [2.24, 2.45) is 23.7 Å². The highest BCUT2D eigenvalue weighted by Crippen LogP contribution is 2.42. The Balaban J connectivity index is 2.14. The first kappa shape index (κ1) is 49.4. The Morgan fingerprint density at radius 3 is 2.34 bits per heavy atom. The van der Waals surface area contributed by atoms with Crippen molar-refractivity contribution in [2.75, 3.05) is 28.4 Å². The molecular formula is C44H71NO13. The minimum absolute atomic E-state index is 0.108. The fourth-order valence-corrected chi connectivity index (χ4v) is 7.80. The van der Waals surface area contributed by atoms with Gasteiger partial charge in [0.1, 0.15) is 36.1 Å². The summed E-state index contributed by atoms with van der Waals surface area (Å²) in [5.74, 6) is -5.54. The molecule has 0 spiro atoms. The SMILES string of the molecule is CO/C1=C\C(C)C(OC2CC(NC(C)=O)C(OC)C(C)O2)/C=C/C(C)=C/CCC(OC)C(/C=C/C(C)=C/C(C)C(C)O)OC(=O)C(C)C2(O)OC1C(C)C(O)C2OC. The lowest BCUT2D eigenvalue weighted by atomic mass is 9.80. The smallest absolute Gasteiger partial charge is 0.314 e. The standard InChI is InChI=1S/C44H71NO13/c1-24-15-14-16-35(51-10)36(20-18-25(2)21-26(3)30(7)46)57-43(49)29(6)44(50)42(54-13)39(48)28(5)40(58-44)37(52-11)22-27(4)34(19-17-24)56-38-23-33(45-32(9)47)41(53-12)31(8)55-38/h15,17-22,26-31,33-36,38-42,46,48,50H,14,16,23H2,1-13H3,(H,45,47)/b19-17+,20-18+,24-15+,25-21+,37-22-. The number of allylic oxidation sites excluding steroid dienone is 5. The van der Waals surface area contributed by atoms with Gasteiger partial charge in [-0.15, -0.1) is 0 Å². The van der Waals surface area contributed by atoms with Crippen LogP contribution in [0.2, 0.25) is 0 Å². The molecule has 3 aliphatic rings. The van der Waals surface area contributed by atoms with Crippen molar-refractivity contribution in [1.29, 1.82) is 0 Å². The van der Waals surface area contributed by atoms with Gasteiger partial charge in [0.25, 0.3) is 0 Å². The van der Waals surface area contributed by atoms with E-state index in [0.717, 1.165) is 11.1 Å². The Morgan fingerprint density at radius 1 is 1.07 bits per heavy atom. The molecule has 330 valence electrons. The predicted molar refractivity (Wildman–Crippen MR) is 218 cm³/mol. The molecule has 16 unspecified atom stereocenters. The highest BCUT2D eigenvalue weighted by atomic mass is 16.7. The Kier molecular flexibility index (Phi) is 19.3. The fourth-order valence-electron chi connectivity index (χ4n) is 7.80. The van der Waals surface area contributed by atoms with Crippen LogP contribution in [0, 0.1) is 23.7 Å². The molecule has 3 aliphatic heterocycles. The molecule has 0 aromatic rings. The Morgan fingerprint density at radius 2 is 1.76 bits per heavy atom. The van der Waals surface area contributed by atoms with E-state index < -0.39 is 72.6 Å². The normalized spacial score (nSPS) is 40.8. The van der Waals surface area contributed by atoms with E-state index in [9.17, 15) is 24.9 Å². The highest BCUT2D eigenvalue weighted by molar-refractivity contribution is 5.74. The van der Waals surface area contributed by atoms with E-state index >= 15 is 0 Å². The number of hydrogen-bond acceptors (Lipinski definition) is 13. The van der Waals surface area contributed by atoms with Crippen molar-refractivity contribution in [3.05, 3.63) is 59.4 Å². The third-order valence-corrected chi connectivity index (χ3v) is 11.6. The number of aliphatic hydroxyl groups is 3. The monoisotopic (exact) mass is 821 g/mol. The summed E-state index contributed by atoms with van der Waals surface area (Å²) in [6.07, 6.45) is 6.94. The number of hydrogen-bond donors (Lipinski definition) is 4. The van der Waals surface area contributed by atoms with E-state index in [2.05, 4.69) is 11.4 Å². The summed E-state index contributed by atoms with van der Waals surface area (Å²) in [5, 5.41) is 37.0. The van der Waals surface area contributed by atoms with Crippen molar-refractivity contribution < 1.29 is 62.8 Å². The fraction of sp³-hybridized carbons (Fsp3) is 0.727. The van der Waals surface area contributed by atoms with Crippen LogP contribution in [0.4, 0.5) is 0 Å². The summed E-state index contributed by atoms with van der Waals surface area (Å²) in [5.41, 5.74) is 1.80. The molecule has 3 heterocycles. The molecule has 0 saturated carbocycles. The zero-order valence-corrected chi connectivity index (χ0v) is 36.7. The van der Waals surface area contributed by atoms with Gasteiger partial charge in [-0.05, 0) is 59.6 Å². The number of carbonyl (C=O) groups excluding carboxylic acids is 2. The number of nitrogens with one attached hydrogen (secondary N) is 1. The van der Waals surface area contributed by atoms with Gasteiger partial charge in [-0.1, -0.05) is 62.3 Å². The van der Waals surface area contributed by atoms with Gasteiger partial charge in [0.05, 0.1) is 43.7 Å². The summed E-state index contributed by atoms with van der Waals surface area (Å²) >= 11 is 0. The van der Waals surface area contributed by atoms with Crippen LogP contribution >= 0.6 is 0 Å². The molecule has 14 heteroatoms. The minimum atomic E-state index is -2.35. The summed E-state index contributed by atoms with van der Waals surface area (Å²) < 4.78 is 48.6. The second kappa shape index (κ2) is 22.6. The van der Waals surface area contributed by atoms with E-state index in [1.807, 2.05) is 65.0 Å². The zero-order valence-electron chi connectivity index (χ0n) is 36.7. The Labute approximate surface area is 345 Å². The largest absolute Gasteiger partial charge is 0.499 e. The van der Waals surface area contributed by atoms with Crippen LogP contribution in [0.25, 0.3) is 0 Å². The van der Waals surface area contributed by atoms with Gasteiger partial charge in [0.15, 0.2) is 6.29 Å². The van der Waals surface area contributed by atoms with Crippen molar-refractivity contribution in [3.8, 4) is 0 Å². The Hall–Kier alpha value is -2.92. The Bertz CT molecular complexity index is 1490. The molecule has 2 bridgehead atoms. The third-order valence-electron chi connectivity index (χ3n) is 11.6. The molecule has 4 N–H and O–H groups in total. The van der Waals surface area contributed by atoms with E-state index in [1.165, 1.54) is 28.1 Å². The van der Waals surface area contributed by atoms with Crippen LogP contribution in [0.5, 0.6) is 0 Å². The maximum atomic E-state index is 14.1. The number of carbonyl (C=O) groups is 2. The number of fused-ring (bicyclic) bond motifs is 2. The van der Waals surface area contributed by atoms with Crippen LogP contribution in [-0.4, -0.2) is 129 Å². The molecule has 0 aliphatic carbocycles. The minimum Gasteiger partial charge on any atom is -0.499 e. The van der Waals surface area contributed by atoms with Gasteiger partial charge >= 0.3 is 5.97 Å². The van der Waals surface area contributed by atoms with Crippen molar-refractivity contribution in [1.82, 2.24) is 5.32 Å². The van der Waals surface area contributed by atoms with Gasteiger partial charge in [0, 0.05) is 52.4 Å². The molecule has 16 atom stereocenters. The summed E-state index contributed by atoms with van der Waals surface area (Å²) in [6, 6.07) is -0.348. The quantitative estimate of drug-likeness (QED) is 0.167. The number of rotatable bonds is 11. The van der Waals surface area contributed by atoms with Crippen LogP contribution in [0.1, 0.15) is 81.6 Å². The summed E-state index contributed by atoms with van der Waals surface area (Å²) in [6.45, 7) is 16.0. The number of methoxy groups -OCH3 is 4. The average molecular weight is 822 g/mol.